The molecule has 0 amide bonds. The Kier molecular flexibility index (Phi) is 5.71. The average molecular weight is 433 g/mol. The summed E-state index contributed by atoms with van der Waals surface area (Å²) in [5.41, 5.74) is 3.30. The number of aryl methyl sites for hydroxylation is 1. The van der Waals surface area contributed by atoms with Crippen LogP contribution < -0.4 is 14.4 Å². The topological polar surface area (TPSA) is 76.2 Å². The van der Waals surface area contributed by atoms with Crippen LogP contribution in [-0.2, 0) is 0 Å². The third kappa shape index (κ3) is 4.73. The highest BCUT2D eigenvalue weighted by molar-refractivity contribution is 5.76. The number of aromatic amines is 1. The normalized spacial score (nSPS) is 15.2. The number of benzene rings is 1. The van der Waals surface area contributed by atoms with Gasteiger partial charge in [-0.1, -0.05) is 12.1 Å². The zero-order chi connectivity index (χ0) is 22.0. The molecule has 7 nitrogen and oxygen atoms in total. The number of halogens is 3. The molecule has 1 aliphatic rings. The summed E-state index contributed by atoms with van der Waals surface area (Å²) in [6, 6.07) is 6.02. The summed E-state index contributed by atoms with van der Waals surface area (Å²) < 4.78 is 47.2. The van der Waals surface area contributed by atoms with Gasteiger partial charge >= 0.3 is 12.4 Å². The van der Waals surface area contributed by atoms with Crippen LogP contribution in [0.5, 0.6) is 11.8 Å². The van der Waals surface area contributed by atoms with Gasteiger partial charge in [0, 0.05) is 36.5 Å². The summed E-state index contributed by atoms with van der Waals surface area (Å²) in [5.74, 6) is 0.672. The quantitative estimate of drug-likeness (QED) is 0.640. The summed E-state index contributed by atoms with van der Waals surface area (Å²) in [5, 5.41) is 0. The molecule has 1 fully saturated rings. The largest absolute Gasteiger partial charge is 0.573 e. The second-order valence-electron chi connectivity index (χ2n) is 7.34. The molecule has 0 aliphatic carbocycles. The van der Waals surface area contributed by atoms with Gasteiger partial charge in [-0.05, 0) is 37.5 Å². The second-order valence-corrected chi connectivity index (χ2v) is 7.34. The first-order valence-corrected chi connectivity index (χ1v) is 9.86. The molecule has 10 heteroatoms. The molecule has 3 heterocycles. The summed E-state index contributed by atoms with van der Waals surface area (Å²) in [4.78, 5) is 18.3. The predicted octanol–water partition coefficient (Wildman–Crippen LogP) is 4.47. The molecule has 1 N–H and O–H groups in total. The highest BCUT2D eigenvalue weighted by Crippen LogP contribution is 2.36. The number of alkyl halides is 3. The SMILES string of the molecule is COc1ncc(-c2cccc(OC(F)(F)F)c2)c(N2CCC(c3nc[nH]c3C)CC2)n1. The lowest BCUT2D eigenvalue weighted by atomic mass is 9.92. The number of H-pyrrole nitrogens is 1. The molecule has 0 radical (unpaired) electrons. The van der Waals surface area contributed by atoms with Crippen molar-refractivity contribution in [3.63, 3.8) is 0 Å². The van der Waals surface area contributed by atoms with Crippen LogP contribution in [0, 0.1) is 6.92 Å². The van der Waals surface area contributed by atoms with Gasteiger partial charge in [0.25, 0.3) is 0 Å². The number of aromatic nitrogens is 4. The van der Waals surface area contributed by atoms with Gasteiger partial charge in [0.1, 0.15) is 11.6 Å². The Hall–Kier alpha value is -3.30. The first kappa shape index (κ1) is 21.0. The minimum Gasteiger partial charge on any atom is -0.467 e. The van der Waals surface area contributed by atoms with Gasteiger partial charge in [-0.15, -0.1) is 13.2 Å². The standard InChI is InChI=1S/C21H22F3N5O2/c1-13-18(27-12-26-13)14-6-8-29(9-7-14)19-17(11-25-20(28-19)30-2)15-4-3-5-16(10-15)31-21(22,23)24/h3-5,10-12,14H,6-9H2,1-2H3,(H,26,27). The Morgan fingerprint density at radius 2 is 1.94 bits per heavy atom. The van der Waals surface area contributed by atoms with E-state index < -0.39 is 6.36 Å². The number of hydrogen-bond acceptors (Lipinski definition) is 6. The van der Waals surface area contributed by atoms with E-state index in [1.165, 1.54) is 25.3 Å². The summed E-state index contributed by atoms with van der Waals surface area (Å²) in [6.07, 6.45) is 0.283. The van der Waals surface area contributed by atoms with Crippen molar-refractivity contribution >= 4 is 5.82 Å². The summed E-state index contributed by atoms with van der Waals surface area (Å²) >= 11 is 0. The van der Waals surface area contributed by atoms with Crippen LogP contribution in [-0.4, -0.2) is 46.5 Å². The lowest BCUT2D eigenvalue weighted by Gasteiger charge is -2.33. The van der Waals surface area contributed by atoms with Crippen molar-refractivity contribution in [2.45, 2.75) is 32.0 Å². The number of methoxy groups -OCH3 is 1. The molecule has 3 aromatic rings. The van der Waals surface area contributed by atoms with Crippen LogP contribution >= 0.6 is 0 Å². The van der Waals surface area contributed by atoms with Gasteiger partial charge < -0.3 is 19.4 Å². The highest BCUT2D eigenvalue weighted by atomic mass is 19.4. The zero-order valence-electron chi connectivity index (χ0n) is 17.1. The van der Waals surface area contributed by atoms with Crippen LogP contribution in [0.25, 0.3) is 11.1 Å². The number of ether oxygens (including phenoxy) is 2. The van der Waals surface area contributed by atoms with Crippen molar-refractivity contribution in [1.82, 2.24) is 19.9 Å². The average Bonchev–Trinajstić information content (AvgIpc) is 3.18. The first-order valence-electron chi connectivity index (χ1n) is 9.86. The maximum atomic E-state index is 12.6. The monoisotopic (exact) mass is 433 g/mol. The molecule has 1 aliphatic heterocycles. The van der Waals surface area contributed by atoms with Crippen molar-refractivity contribution < 1.29 is 22.6 Å². The number of nitrogens with zero attached hydrogens (tertiary/aromatic N) is 4. The number of piperidine rings is 1. The Labute approximate surface area is 177 Å². The Bertz CT molecular complexity index is 1050. The molecule has 164 valence electrons. The molecular weight excluding hydrogens is 411 g/mol. The predicted molar refractivity (Wildman–Crippen MR) is 108 cm³/mol. The van der Waals surface area contributed by atoms with E-state index in [0.717, 1.165) is 37.3 Å². The lowest BCUT2D eigenvalue weighted by Crippen LogP contribution is -2.34. The van der Waals surface area contributed by atoms with Crippen LogP contribution in [0.4, 0.5) is 19.0 Å². The van der Waals surface area contributed by atoms with Gasteiger partial charge in [-0.25, -0.2) is 9.97 Å². The van der Waals surface area contributed by atoms with E-state index >= 15 is 0 Å². The van der Waals surface area contributed by atoms with Gasteiger partial charge in [0.2, 0.25) is 0 Å². The number of rotatable bonds is 5. The van der Waals surface area contributed by atoms with E-state index in [9.17, 15) is 13.2 Å². The van der Waals surface area contributed by atoms with Crippen molar-refractivity contribution in [3.8, 4) is 22.9 Å². The van der Waals surface area contributed by atoms with Crippen LogP contribution in [0.1, 0.15) is 30.1 Å². The zero-order valence-corrected chi connectivity index (χ0v) is 17.1. The molecule has 31 heavy (non-hydrogen) atoms. The maximum absolute atomic E-state index is 12.6. The van der Waals surface area contributed by atoms with E-state index in [-0.39, 0.29) is 11.8 Å². The third-order valence-electron chi connectivity index (χ3n) is 5.36. The lowest BCUT2D eigenvalue weighted by molar-refractivity contribution is -0.274. The van der Waals surface area contributed by atoms with Crippen molar-refractivity contribution in [3.05, 3.63) is 48.2 Å². The minimum atomic E-state index is -4.76. The summed E-state index contributed by atoms with van der Waals surface area (Å²) in [7, 11) is 1.48. The highest BCUT2D eigenvalue weighted by Gasteiger charge is 2.31. The van der Waals surface area contributed by atoms with Gasteiger partial charge in [-0.2, -0.15) is 4.98 Å². The molecule has 0 unspecified atom stereocenters. The Morgan fingerprint density at radius 1 is 1.16 bits per heavy atom. The smallest absolute Gasteiger partial charge is 0.467 e. The third-order valence-corrected chi connectivity index (χ3v) is 5.36. The molecule has 1 saturated heterocycles. The van der Waals surface area contributed by atoms with Crippen molar-refractivity contribution in [2.75, 3.05) is 25.1 Å². The maximum Gasteiger partial charge on any atom is 0.573 e. The number of nitrogens with one attached hydrogen (secondary N) is 1. The molecule has 0 bridgehead atoms. The molecule has 0 atom stereocenters. The molecule has 2 aromatic heterocycles. The van der Waals surface area contributed by atoms with E-state index in [0.29, 0.717) is 22.9 Å². The second kappa shape index (κ2) is 8.44. The molecule has 1 aromatic carbocycles. The van der Waals surface area contributed by atoms with Crippen LogP contribution in [0.3, 0.4) is 0 Å². The molecular formula is C21H22F3N5O2. The Balaban J connectivity index is 1.61. The van der Waals surface area contributed by atoms with E-state index in [1.54, 1.807) is 18.6 Å². The Morgan fingerprint density at radius 3 is 2.58 bits per heavy atom. The molecule has 0 saturated carbocycles. The number of anilines is 1. The number of hydrogen-bond donors (Lipinski definition) is 1. The van der Waals surface area contributed by atoms with E-state index in [1.807, 2.05) is 6.92 Å². The molecule has 4 rings (SSSR count). The first-order chi connectivity index (χ1) is 14.8. The minimum absolute atomic E-state index is 0.201. The van der Waals surface area contributed by atoms with Crippen LogP contribution in [0.2, 0.25) is 0 Å². The fourth-order valence-electron chi connectivity index (χ4n) is 3.91. The van der Waals surface area contributed by atoms with Crippen molar-refractivity contribution in [1.29, 1.82) is 0 Å². The fourth-order valence-corrected chi connectivity index (χ4v) is 3.91. The fraction of sp³-hybridized carbons (Fsp3) is 0.381. The molecule has 0 spiro atoms. The van der Waals surface area contributed by atoms with Gasteiger partial charge in [0.15, 0.2) is 0 Å². The number of imidazole rings is 1. The van der Waals surface area contributed by atoms with E-state index in [2.05, 4.69) is 29.6 Å². The van der Waals surface area contributed by atoms with Gasteiger partial charge in [-0.3, -0.25) is 0 Å². The van der Waals surface area contributed by atoms with E-state index in [4.69, 9.17) is 4.74 Å². The van der Waals surface area contributed by atoms with Gasteiger partial charge in [0.05, 0.1) is 19.1 Å². The van der Waals surface area contributed by atoms with Crippen molar-refractivity contribution in [2.24, 2.45) is 0 Å². The van der Waals surface area contributed by atoms with Crippen LogP contribution in [0.15, 0.2) is 36.8 Å². The summed E-state index contributed by atoms with van der Waals surface area (Å²) in [6.45, 7) is 3.46.